The van der Waals surface area contributed by atoms with Crippen molar-refractivity contribution >= 4 is 11.7 Å². The van der Waals surface area contributed by atoms with E-state index in [-0.39, 0.29) is 5.69 Å². The van der Waals surface area contributed by atoms with Gasteiger partial charge < -0.3 is 4.74 Å². The number of hydrogen-bond donors (Lipinski definition) is 0. The maximum Gasteiger partial charge on any atom is 0.338 e. The number of rotatable bonds is 4. The maximum absolute atomic E-state index is 11.9. The van der Waals surface area contributed by atoms with Gasteiger partial charge in [0.2, 0.25) is 0 Å². The average molecular weight is 247 g/mol. The van der Waals surface area contributed by atoms with Gasteiger partial charge in [-0.05, 0) is 37.5 Å². The van der Waals surface area contributed by atoms with Crippen molar-refractivity contribution in [3.63, 3.8) is 0 Å². The van der Waals surface area contributed by atoms with E-state index in [9.17, 15) is 14.9 Å². The van der Waals surface area contributed by atoms with Gasteiger partial charge >= 0.3 is 5.97 Å². The molecule has 1 aromatic carbocycles. The minimum atomic E-state index is -0.543. The first-order valence-corrected chi connectivity index (χ1v) is 5.68. The molecule has 0 radical (unpaired) electrons. The van der Waals surface area contributed by atoms with Gasteiger partial charge in [0.25, 0.3) is 5.69 Å². The number of nitrogens with zero attached hydrogens (tertiary/aromatic N) is 1. The largest absolute Gasteiger partial charge is 0.451 e. The molecule has 1 aromatic rings. The van der Waals surface area contributed by atoms with Crippen LogP contribution in [0.4, 0.5) is 5.69 Å². The Hall–Kier alpha value is -2.17. The molecule has 0 aliphatic heterocycles. The third kappa shape index (κ3) is 2.25. The summed E-state index contributed by atoms with van der Waals surface area (Å²) in [5, 5.41) is 10.5. The van der Waals surface area contributed by atoms with Gasteiger partial charge in [0.05, 0.1) is 10.5 Å². The molecule has 0 N–H and O–H groups in total. The number of carbonyl (C=O) groups is 1. The summed E-state index contributed by atoms with van der Waals surface area (Å²) in [6, 6.07) is 5.38. The van der Waals surface area contributed by atoms with E-state index in [1.807, 2.05) is 0 Å². The molecule has 1 fully saturated rings. The molecule has 0 bridgehead atoms. The fraction of sp³-hybridized carbons (Fsp3) is 0.308. The van der Waals surface area contributed by atoms with E-state index >= 15 is 0 Å². The Labute approximate surface area is 104 Å². The molecule has 1 saturated carbocycles. The van der Waals surface area contributed by atoms with Crippen LogP contribution in [0.3, 0.4) is 0 Å². The summed E-state index contributed by atoms with van der Waals surface area (Å²) in [6.07, 6.45) is 4.24. The molecular weight excluding hydrogens is 234 g/mol. The van der Waals surface area contributed by atoms with Crippen molar-refractivity contribution < 1.29 is 14.5 Å². The maximum atomic E-state index is 11.9. The summed E-state index contributed by atoms with van der Waals surface area (Å²) in [4.78, 5) is 21.8. The van der Waals surface area contributed by atoms with Crippen LogP contribution in [0.2, 0.25) is 0 Å². The zero-order valence-electron chi connectivity index (χ0n) is 9.80. The van der Waals surface area contributed by atoms with E-state index < -0.39 is 16.5 Å². The number of hydrogen-bond acceptors (Lipinski definition) is 4. The zero-order chi connectivity index (χ0) is 13.2. The molecule has 5 nitrogen and oxygen atoms in total. The first kappa shape index (κ1) is 12.3. The molecule has 0 amide bonds. The van der Waals surface area contributed by atoms with Crippen molar-refractivity contribution in [3.8, 4) is 0 Å². The first-order chi connectivity index (χ1) is 8.56. The van der Waals surface area contributed by atoms with Crippen molar-refractivity contribution in [1.82, 2.24) is 0 Å². The van der Waals surface area contributed by atoms with E-state index in [0.29, 0.717) is 5.56 Å². The van der Waals surface area contributed by atoms with E-state index in [4.69, 9.17) is 4.74 Å². The summed E-state index contributed by atoms with van der Waals surface area (Å²) < 4.78 is 5.38. The topological polar surface area (TPSA) is 69.4 Å². The number of carbonyl (C=O) groups excluding carboxylic acids is 1. The third-order valence-corrected chi connectivity index (χ3v) is 3.18. The minimum absolute atomic E-state index is 0.0476. The highest BCUT2D eigenvalue weighted by Crippen LogP contribution is 2.37. The Morgan fingerprint density at radius 2 is 2.00 bits per heavy atom. The van der Waals surface area contributed by atoms with Gasteiger partial charge in [0.1, 0.15) is 5.60 Å². The Morgan fingerprint density at radius 3 is 2.39 bits per heavy atom. The van der Waals surface area contributed by atoms with Crippen LogP contribution in [0.15, 0.2) is 36.9 Å². The van der Waals surface area contributed by atoms with Crippen molar-refractivity contribution in [2.24, 2.45) is 0 Å². The van der Waals surface area contributed by atoms with Crippen molar-refractivity contribution in [1.29, 1.82) is 0 Å². The average Bonchev–Trinajstić information content (AvgIpc) is 2.33. The van der Waals surface area contributed by atoms with Crippen LogP contribution in [-0.4, -0.2) is 16.5 Å². The van der Waals surface area contributed by atoms with Gasteiger partial charge in [-0.25, -0.2) is 4.79 Å². The van der Waals surface area contributed by atoms with Crippen LogP contribution in [0, 0.1) is 10.1 Å². The summed E-state index contributed by atoms with van der Waals surface area (Å²) in [7, 11) is 0. The Balaban J connectivity index is 2.09. The fourth-order valence-corrected chi connectivity index (χ4v) is 1.84. The van der Waals surface area contributed by atoms with E-state index in [1.54, 1.807) is 6.08 Å². The molecule has 2 rings (SSSR count). The van der Waals surface area contributed by atoms with E-state index in [1.165, 1.54) is 24.3 Å². The highest BCUT2D eigenvalue weighted by molar-refractivity contribution is 5.90. The number of nitro groups is 1. The van der Waals surface area contributed by atoms with Gasteiger partial charge in [-0.2, -0.15) is 0 Å². The lowest BCUT2D eigenvalue weighted by atomic mass is 9.80. The standard InChI is InChI=1S/C13H13NO4/c1-2-13(8-3-9-13)18-12(15)10-4-6-11(7-5-10)14(16)17/h2,4-7H,1,3,8-9H2. The van der Waals surface area contributed by atoms with Crippen LogP contribution < -0.4 is 0 Å². The van der Waals surface area contributed by atoms with Gasteiger partial charge in [-0.1, -0.05) is 6.58 Å². The molecule has 1 aliphatic rings. The fourth-order valence-electron chi connectivity index (χ4n) is 1.84. The van der Waals surface area contributed by atoms with Gasteiger partial charge in [0.15, 0.2) is 0 Å². The molecule has 0 heterocycles. The zero-order valence-corrected chi connectivity index (χ0v) is 9.80. The highest BCUT2D eigenvalue weighted by atomic mass is 16.6. The third-order valence-electron chi connectivity index (χ3n) is 3.18. The summed E-state index contributed by atoms with van der Waals surface area (Å²) in [5.74, 6) is -0.468. The van der Waals surface area contributed by atoms with Crippen LogP contribution in [0.25, 0.3) is 0 Å². The smallest absolute Gasteiger partial charge is 0.338 e. The normalized spacial score (nSPS) is 16.4. The van der Waals surface area contributed by atoms with E-state index in [2.05, 4.69) is 6.58 Å². The van der Waals surface area contributed by atoms with Crippen molar-refractivity contribution in [2.45, 2.75) is 24.9 Å². The Morgan fingerprint density at radius 1 is 1.39 bits per heavy atom. The lowest BCUT2D eigenvalue weighted by Crippen LogP contribution is -2.39. The number of benzene rings is 1. The molecule has 0 saturated heterocycles. The van der Waals surface area contributed by atoms with Crippen LogP contribution in [0.1, 0.15) is 29.6 Å². The number of esters is 1. The number of non-ortho nitro benzene ring substituents is 1. The van der Waals surface area contributed by atoms with Crippen molar-refractivity contribution in [2.75, 3.05) is 0 Å². The van der Waals surface area contributed by atoms with Gasteiger partial charge in [-0.3, -0.25) is 10.1 Å². The van der Waals surface area contributed by atoms with Gasteiger partial charge in [0, 0.05) is 12.1 Å². The molecule has 5 heteroatoms. The minimum Gasteiger partial charge on any atom is -0.451 e. The SMILES string of the molecule is C=CC1(OC(=O)c2ccc([N+](=O)[O-])cc2)CCC1. The molecule has 94 valence electrons. The number of ether oxygens (including phenoxy) is 1. The molecule has 1 aliphatic carbocycles. The molecule has 18 heavy (non-hydrogen) atoms. The predicted molar refractivity (Wildman–Crippen MR) is 65.3 cm³/mol. The lowest BCUT2D eigenvalue weighted by molar-refractivity contribution is -0.384. The van der Waals surface area contributed by atoms with Crippen LogP contribution in [0.5, 0.6) is 0 Å². The summed E-state index contributed by atoms with van der Waals surface area (Å²) in [5.41, 5.74) is -0.277. The number of nitro benzene ring substituents is 1. The summed E-state index contributed by atoms with van der Waals surface area (Å²) in [6.45, 7) is 3.67. The van der Waals surface area contributed by atoms with Crippen LogP contribution in [-0.2, 0) is 4.74 Å². The molecule has 0 unspecified atom stereocenters. The van der Waals surface area contributed by atoms with Crippen LogP contribution >= 0.6 is 0 Å². The van der Waals surface area contributed by atoms with Gasteiger partial charge in [-0.15, -0.1) is 0 Å². The van der Waals surface area contributed by atoms with E-state index in [0.717, 1.165) is 19.3 Å². The Kier molecular flexibility index (Phi) is 3.14. The lowest BCUT2D eigenvalue weighted by Gasteiger charge is -2.38. The highest BCUT2D eigenvalue weighted by Gasteiger charge is 2.38. The monoisotopic (exact) mass is 247 g/mol. The van der Waals surface area contributed by atoms with Crippen molar-refractivity contribution in [3.05, 3.63) is 52.6 Å². The second-order valence-electron chi connectivity index (χ2n) is 4.32. The molecule has 0 aromatic heterocycles. The second-order valence-corrected chi connectivity index (χ2v) is 4.32. The molecular formula is C13H13NO4. The summed E-state index contributed by atoms with van der Waals surface area (Å²) >= 11 is 0. The molecule has 0 atom stereocenters. The quantitative estimate of drug-likeness (QED) is 0.355. The first-order valence-electron chi connectivity index (χ1n) is 5.68. The second kappa shape index (κ2) is 4.60. The Bertz CT molecular complexity index is 488. The molecule has 0 spiro atoms. The predicted octanol–water partition coefficient (Wildman–Crippen LogP) is 2.86.